The number of aromatic amines is 1. The van der Waals surface area contributed by atoms with Crippen molar-refractivity contribution in [3.05, 3.63) is 51.4 Å². The summed E-state index contributed by atoms with van der Waals surface area (Å²) in [4.78, 5) is 6.93. The molecule has 0 aliphatic heterocycles. The SMILES string of the molecule is Fc1ccc(-c2nc3c(F)c(F)ccc3[nH]2)c(I)c1. The molecular formula is C13H6F3IN2. The number of benzene rings is 2. The van der Waals surface area contributed by atoms with Crippen molar-refractivity contribution in [3.63, 3.8) is 0 Å². The van der Waals surface area contributed by atoms with E-state index in [2.05, 4.69) is 9.97 Å². The molecule has 0 bridgehead atoms. The molecule has 0 atom stereocenters. The van der Waals surface area contributed by atoms with Gasteiger partial charge in [-0.15, -0.1) is 0 Å². The molecule has 0 amide bonds. The van der Waals surface area contributed by atoms with Gasteiger partial charge in [0, 0.05) is 9.13 Å². The molecule has 96 valence electrons. The first kappa shape index (κ1) is 12.5. The number of H-pyrrole nitrogens is 1. The number of hydrogen-bond acceptors (Lipinski definition) is 1. The van der Waals surface area contributed by atoms with Gasteiger partial charge in [0.1, 0.15) is 17.2 Å². The summed E-state index contributed by atoms with van der Waals surface area (Å²) in [5.41, 5.74) is 0.974. The molecule has 0 saturated carbocycles. The second-order valence-electron chi connectivity index (χ2n) is 3.97. The van der Waals surface area contributed by atoms with Gasteiger partial charge in [-0.2, -0.15) is 0 Å². The van der Waals surface area contributed by atoms with Gasteiger partial charge in [0.25, 0.3) is 0 Å². The van der Waals surface area contributed by atoms with Gasteiger partial charge < -0.3 is 4.98 Å². The van der Waals surface area contributed by atoms with Gasteiger partial charge in [-0.3, -0.25) is 0 Å². The number of halogens is 4. The van der Waals surface area contributed by atoms with Crippen LogP contribution in [0.15, 0.2) is 30.3 Å². The Kier molecular flexibility index (Phi) is 2.96. The smallest absolute Gasteiger partial charge is 0.186 e. The Morgan fingerprint density at radius 3 is 2.58 bits per heavy atom. The monoisotopic (exact) mass is 374 g/mol. The first-order valence-corrected chi connectivity index (χ1v) is 6.43. The zero-order valence-electron chi connectivity index (χ0n) is 9.35. The number of fused-ring (bicyclic) bond motifs is 1. The van der Waals surface area contributed by atoms with Crippen LogP contribution in [0.25, 0.3) is 22.4 Å². The van der Waals surface area contributed by atoms with Crippen LogP contribution in [0.4, 0.5) is 13.2 Å². The third kappa shape index (κ3) is 2.09. The van der Waals surface area contributed by atoms with Crippen LogP contribution in [0.3, 0.4) is 0 Å². The fourth-order valence-corrected chi connectivity index (χ4v) is 2.56. The van der Waals surface area contributed by atoms with E-state index in [0.29, 0.717) is 20.5 Å². The van der Waals surface area contributed by atoms with Crippen LogP contribution in [-0.2, 0) is 0 Å². The number of nitrogens with zero attached hydrogens (tertiary/aromatic N) is 1. The van der Waals surface area contributed by atoms with Crippen LogP contribution in [-0.4, -0.2) is 9.97 Å². The molecule has 0 saturated heterocycles. The van der Waals surface area contributed by atoms with Crippen molar-refractivity contribution in [3.8, 4) is 11.4 Å². The number of rotatable bonds is 1. The first-order chi connectivity index (χ1) is 9.06. The Balaban J connectivity index is 2.23. The fraction of sp³-hybridized carbons (Fsp3) is 0. The third-order valence-electron chi connectivity index (χ3n) is 2.73. The molecule has 3 rings (SSSR count). The Morgan fingerprint density at radius 2 is 1.84 bits per heavy atom. The number of nitrogens with one attached hydrogen (secondary N) is 1. The van der Waals surface area contributed by atoms with Crippen molar-refractivity contribution < 1.29 is 13.2 Å². The van der Waals surface area contributed by atoms with Crippen LogP contribution in [0.2, 0.25) is 0 Å². The average Bonchev–Trinajstić information content (AvgIpc) is 2.78. The van der Waals surface area contributed by atoms with Gasteiger partial charge in [0.2, 0.25) is 0 Å². The minimum Gasteiger partial charge on any atom is -0.338 e. The molecule has 1 heterocycles. The van der Waals surface area contributed by atoms with Gasteiger partial charge >= 0.3 is 0 Å². The molecule has 0 spiro atoms. The van der Waals surface area contributed by atoms with E-state index in [1.54, 1.807) is 6.07 Å². The average molecular weight is 374 g/mol. The van der Waals surface area contributed by atoms with Crippen LogP contribution in [0.1, 0.15) is 0 Å². The summed E-state index contributed by atoms with van der Waals surface area (Å²) in [5, 5.41) is 0. The molecule has 0 unspecified atom stereocenters. The maximum atomic E-state index is 13.6. The molecular weight excluding hydrogens is 368 g/mol. The van der Waals surface area contributed by atoms with Crippen LogP contribution < -0.4 is 0 Å². The molecule has 19 heavy (non-hydrogen) atoms. The summed E-state index contributed by atoms with van der Waals surface area (Å²) < 4.78 is 40.4. The van der Waals surface area contributed by atoms with Crippen LogP contribution in [0.5, 0.6) is 0 Å². The summed E-state index contributed by atoms with van der Waals surface area (Å²) in [5.74, 6) is -1.91. The van der Waals surface area contributed by atoms with Crippen molar-refractivity contribution in [1.29, 1.82) is 0 Å². The summed E-state index contributed by atoms with van der Waals surface area (Å²) in [7, 11) is 0. The van der Waals surface area contributed by atoms with Crippen LogP contribution >= 0.6 is 22.6 Å². The Bertz CT molecular complexity index is 783. The minimum atomic E-state index is -0.989. The zero-order valence-corrected chi connectivity index (χ0v) is 11.5. The molecule has 6 heteroatoms. The third-order valence-corrected chi connectivity index (χ3v) is 3.62. The van der Waals surface area contributed by atoms with Gasteiger partial charge in [0.15, 0.2) is 11.6 Å². The van der Waals surface area contributed by atoms with Crippen molar-refractivity contribution in [2.24, 2.45) is 0 Å². The number of aromatic nitrogens is 2. The second-order valence-corrected chi connectivity index (χ2v) is 5.13. The summed E-state index contributed by atoms with van der Waals surface area (Å²) in [6, 6.07) is 6.64. The second kappa shape index (κ2) is 4.52. The Hall–Kier alpha value is -1.57. The number of imidazole rings is 1. The van der Waals surface area contributed by atoms with E-state index in [-0.39, 0.29) is 11.3 Å². The highest BCUT2D eigenvalue weighted by Crippen LogP contribution is 2.27. The largest absolute Gasteiger partial charge is 0.338 e. The zero-order chi connectivity index (χ0) is 13.6. The summed E-state index contributed by atoms with van der Waals surface area (Å²) in [6.45, 7) is 0. The van der Waals surface area contributed by atoms with E-state index in [4.69, 9.17) is 0 Å². The Labute approximate surface area is 119 Å². The van der Waals surface area contributed by atoms with Gasteiger partial charge in [-0.25, -0.2) is 18.2 Å². The Morgan fingerprint density at radius 1 is 1.05 bits per heavy atom. The summed E-state index contributed by atoms with van der Waals surface area (Å²) >= 11 is 1.96. The maximum absolute atomic E-state index is 13.6. The van der Waals surface area contributed by atoms with Gasteiger partial charge in [-0.1, -0.05) is 0 Å². The summed E-state index contributed by atoms with van der Waals surface area (Å²) in [6.07, 6.45) is 0. The predicted molar refractivity (Wildman–Crippen MR) is 74.1 cm³/mol. The van der Waals surface area contributed by atoms with Crippen molar-refractivity contribution in [2.75, 3.05) is 0 Å². The van der Waals surface area contributed by atoms with Crippen molar-refractivity contribution in [2.45, 2.75) is 0 Å². The molecule has 1 N–H and O–H groups in total. The lowest BCUT2D eigenvalue weighted by Crippen LogP contribution is -1.87. The number of hydrogen-bond donors (Lipinski definition) is 1. The topological polar surface area (TPSA) is 28.7 Å². The molecule has 0 aliphatic rings. The first-order valence-electron chi connectivity index (χ1n) is 5.35. The van der Waals surface area contributed by atoms with E-state index in [0.717, 1.165) is 6.07 Å². The molecule has 1 aromatic heterocycles. The standard InChI is InChI=1S/C13H6F3IN2/c14-6-1-2-7(9(17)5-6)13-18-10-4-3-8(15)11(16)12(10)19-13/h1-5H,(H,18,19). The highest BCUT2D eigenvalue weighted by Gasteiger charge is 2.14. The molecule has 0 fully saturated rings. The molecule has 0 radical (unpaired) electrons. The maximum Gasteiger partial charge on any atom is 0.186 e. The molecule has 2 nitrogen and oxygen atoms in total. The lowest BCUT2D eigenvalue weighted by Gasteiger charge is -2.00. The highest BCUT2D eigenvalue weighted by molar-refractivity contribution is 14.1. The van der Waals surface area contributed by atoms with Crippen LogP contribution in [0, 0.1) is 21.0 Å². The van der Waals surface area contributed by atoms with Crippen molar-refractivity contribution >= 4 is 33.6 Å². The lowest BCUT2D eigenvalue weighted by atomic mass is 10.2. The lowest BCUT2D eigenvalue weighted by molar-refractivity contribution is 0.515. The molecule has 3 aromatic rings. The highest BCUT2D eigenvalue weighted by atomic mass is 127. The van der Waals surface area contributed by atoms with Crippen molar-refractivity contribution in [1.82, 2.24) is 9.97 Å². The fourth-order valence-electron chi connectivity index (χ4n) is 1.83. The molecule has 0 aliphatic carbocycles. The van der Waals surface area contributed by atoms with Gasteiger partial charge in [-0.05, 0) is 52.9 Å². The minimum absolute atomic E-state index is 0.0601. The van der Waals surface area contributed by atoms with E-state index in [1.165, 1.54) is 18.2 Å². The van der Waals surface area contributed by atoms with E-state index in [9.17, 15) is 13.2 Å². The predicted octanol–water partition coefficient (Wildman–Crippen LogP) is 4.25. The normalized spacial score (nSPS) is 11.2. The molecule has 2 aromatic carbocycles. The van der Waals surface area contributed by atoms with Gasteiger partial charge in [0.05, 0.1) is 5.52 Å². The van der Waals surface area contributed by atoms with E-state index in [1.807, 2.05) is 22.6 Å². The quantitative estimate of drug-likeness (QED) is 0.634. The van der Waals surface area contributed by atoms with E-state index < -0.39 is 11.6 Å². The van der Waals surface area contributed by atoms with E-state index >= 15 is 0 Å².